The molecule has 9 heteroatoms. The molecule has 1 unspecified atom stereocenters. The molecule has 1 aromatic carbocycles. The van der Waals surface area contributed by atoms with Crippen molar-refractivity contribution in [3.05, 3.63) is 35.2 Å². The number of anilines is 2. The third-order valence-corrected chi connectivity index (χ3v) is 5.49. The Morgan fingerprint density at radius 1 is 1.32 bits per heavy atom. The summed E-state index contributed by atoms with van der Waals surface area (Å²) in [7, 11) is -1.87. The summed E-state index contributed by atoms with van der Waals surface area (Å²) in [5, 5.41) is 6.40. The summed E-state index contributed by atoms with van der Waals surface area (Å²) < 4.78 is 27.5. The minimum atomic E-state index is -3.22. The molecule has 0 spiro atoms. The van der Waals surface area contributed by atoms with Gasteiger partial charge >= 0.3 is 12.1 Å². The molecule has 0 fully saturated rings. The van der Waals surface area contributed by atoms with E-state index in [2.05, 4.69) is 10.6 Å². The molecule has 8 nitrogen and oxygen atoms in total. The van der Waals surface area contributed by atoms with Crippen molar-refractivity contribution in [3.63, 3.8) is 0 Å². The van der Waals surface area contributed by atoms with Gasteiger partial charge in [-0.05, 0) is 42.7 Å². The molecule has 2 heterocycles. The fraction of sp³-hybridized carbons (Fsp3) is 0.375. The van der Waals surface area contributed by atoms with Crippen molar-refractivity contribution in [1.29, 1.82) is 0 Å². The molecule has 134 valence electrons. The Balaban J connectivity index is 1.67. The molecule has 0 radical (unpaired) electrons. The first kappa shape index (κ1) is 17.3. The number of urea groups is 1. The molecule has 0 aromatic heterocycles. The molecule has 0 aliphatic carbocycles. The molecule has 2 N–H and O–H groups in total. The van der Waals surface area contributed by atoms with Crippen LogP contribution in [0.4, 0.5) is 21.0 Å². The van der Waals surface area contributed by atoms with Gasteiger partial charge in [0.15, 0.2) is 9.84 Å². The number of amides is 3. The van der Waals surface area contributed by atoms with Crippen LogP contribution in [0.15, 0.2) is 29.7 Å². The van der Waals surface area contributed by atoms with Crippen LogP contribution >= 0.6 is 0 Å². The van der Waals surface area contributed by atoms with E-state index in [0.29, 0.717) is 12.2 Å². The first-order valence-electron chi connectivity index (χ1n) is 7.85. The number of carbonyl (C=O) groups is 2. The van der Waals surface area contributed by atoms with Gasteiger partial charge in [-0.1, -0.05) is 0 Å². The fourth-order valence-corrected chi connectivity index (χ4v) is 4.21. The van der Waals surface area contributed by atoms with E-state index < -0.39 is 28.0 Å². The van der Waals surface area contributed by atoms with Gasteiger partial charge in [0, 0.05) is 17.6 Å². The highest BCUT2D eigenvalue weighted by Crippen LogP contribution is 2.30. The zero-order valence-electron chi connectivity index (χ0n) is 13.7. The Labute approximate surface area is 145 Å². The summed E-state index contributed by atoms with van der Waals surface area (Å²) in [4.78, 5) is 25.4. The van der Waals surface area contributed by atoms with Gasteiger partial charge in [-0.3, -0.25) is 4.90 Å². The average Bonchev–Trinajstić information content (AvgIpc) is 2.91. The second-order valence-corrected chi connectivity index (χ2v) is 7.86. The fourth-order valence-electron chi connectivity index (χ4n) is 2.98. The molecule has 0 saturated carbocycles. The summed E-state index contributed by atoms with van der Waals surface area (Å²) in [5.41, 5.74) is 2.29. The van der Waals surface area contributed by atoms with Gasteiger partial charge in [0.1, 0.15) is 0 Å². The number of aryl methyl sites for hydroxylation is 1. The largest absolute Gasteiger partial charge is 0.452 e. The van der Waals surface area contributed by atoms with Gasteiger partial charge in [-0.25, -0.2) is 18.0 Å². The standard InChI is InChI=1S/C16H19N3O5S/c1-24-16(21)19-7-2-3-11-9-12(4-5-14(11)19)17-15(20)18-13-6-8-25(22,23)10-13/h4-6,8-9,13H,2-3,7,10H2,1H3,(H2,17,18,20). The third kappa shape index (κ3) is 3.93. The lowest BCUT2D eigenvalue weighted by Gasteiger charge is -2.28. The molecule has 2 aliphatic rings. The molecule has 0 bridgehead atoms. The van der Waals surface area contributed by atoms with Gasteiger partial charge in [-0.2, -0.15) is 0 Å². The van der Waals surface area contributed by atoms with E-state index >= 15 is 0 Å². The van der Waals surface area contributed by atoms with Crippen LogP contribution in [0.1, 0.15) is 12.0 Å². The van der Waals surface area contributed by atoms with Crippen LogP contribution in [0, 0.1) is 0 Å². The summed E-state index contributed by atoms with van der Waals surface area (Å²) in [6, 6.07) is 4.26. The first-order chi connectivity index (χ1) is 11.9. The number of benzene rings is 1. The highest BCUT2D eigenvalue weighted by molar-refractivity contribution is 7.94. The quantitative estimate of drug-likeness (QED) is 0.829. The predicted molar refractivity (Wildman–Crippen MR) is 93.4 cm³/mol. The van der Waals surface area contributed by atoms with E-state index in [1.54, 1.807) is 17.0 Å². The van der Waals surface area contributed by atoms with Crippen molar-refractivity contribution in [2.75, 3.05) is 29.6 Å². The molecule has 3 amide bonds. The van der Waals surface area contributed by atoms with E-state index in [0.717, 1.165) is 29.5 Å². The molecule has 3 rings (SSSR count). The lowest BCUT2D eigenvalue weighted by Crippen LogP contribution is -2.38. The van der Waals surface area contributed by atoms with Crippen molar-refractivity contribution >= 4 is 33.3 Å². The highest BCUT2D eigenvalue weighted by Gasteiger charge is 2.25. The van der Waals surface area contributed by atoms with Crippen LogP contribution in [0.5, 0.6) is 0 Å². The number of sulfone groups is 1. The summed E-state index contributed by atoms with van der Waals surface area (Å²) in [6.07, 6.45) is 2.65. The van der Waals surface area contributed by atoms with Crippen LogP contribution in [-0.4, -0.2) is 46.0 Å². The Morgan fingerprint density at radius 3 is 2.80 bits per heavy atom. The van der Waals surface area contributed by atoms with Crippen molar-refractivity contribution in [2.45, 2.75) is 18.9 Å². The van der Waals surface area contributed by atoms with Gasteiger partial charge in [0.2, 0.25) is 0 Å². The second-order valence-electron chi connectivity index (χ2n) is 5.93. The molecule has 1 aromatic rings. The molecular weight excluding hydrogens is 346 g/mol. The lowest BCUT2D eigenvalue weighted by atomic mass is 10.0. The predicted octanol–water partition coefficient (Wildman–Crippen LogP) is 1.64. The third-order valence-electron chi connectivity index (χ3n) is 4.10. The maximum atomic E-state index is 12.0. The molecule has 0 saturated heterocycles. The van der Waals surface area contributed by atoms with E-state index in [1.165, 1.54) is 13.2 Å². The van der Waals surface area contributed by atoms with Crippen LogP contribution < -0.4 is 15.5 Å². The van der Waals surface area contributed by atoms with Crippen molar-refractivity contribution in [1.82, 2.24) is 5.32 Å². The number of carbonyl (C=O) groups excluding carboxylic acids is 2. The van der Waals surface area contributed by atoms with E-state index in [-0.39, 0.29) is 5.75 Å². The van der Waals surface area contributed by atoms with Gasteiger partial charge in [0.05, 0.1) is 24.6 Å². The number of ether oxygens (including phenoxy) is 1. The maximum absolute atomic E-state index is 12.0. The molecule has 2 aliphatic heterocycles. The molecule has 1 atom stereocenters. The smallest absolute Gasteiger partial charge is 0.414 e. The number of hydrogen-bond donors (Lipinski definition) is 2. The topological polar surface area (TPSA) is 105 Å². The lowest BCUT2D eigenvalue weighted by molar-refractivity contribution is 0.178. The number of nitrogens with zero attached hydrogens (tertiary/aromatic N) is 1. The van der Waals surface area contributed by atoms with E-state index in [1.807, 2.05) is 6.07 Å². The zero-order chi connectivity index (χ0) is 18.0. The maximum Gasteiger partial charge on any atom is 0.414 e. The highest BCUT2D eigenvalue weighted by atomic mass is 32.2. The Morgan fingerprint density at radius 2 is 2.12 bits per heavy atom. The van der Waals surface area contributed by atoms with E-state index in [9.17, 15) is 18.0 Å². The minimum absolute atomic E-state index is 0.126. The number of rotatable bonds is 2. The summed E-state index contributed by atoms with van der Waals surface area (Å²) in [5.74, 6) is -0.126. The Bertz CT molecular complexity index is 834. The number of fused-ring (bicyclic) bond motifs is 1. The zero-order valence-corrected chi connectivity index (χ0v) is 14.5. The second kappa shape index (κ2) is 6.75. The summed E-state index contributed by atoms with van der Waals surface area (Å²) in [6.45, 7) is 0.593. The van der Waals surface area contributed by atoms with Gasteiger partial charge in [-0.15, -0.1) is 0 Å². The summed E-state index contributed by atoms with van der Waals surface area (Å²) >= 11 is 0. The SMILES string of the molecule is COC(=O)N1CCCc2cc(NC(=O)NC3C=CS(=O)(=O)C3)ccc21. The Hall–Kier alpha value is -2.55. The minimum Gasteiger partial charge on any atom is -0.452 e. The molecular formula is C16H19N3O5S. The van der Waals surface area contributed by atoms with E-state index in [4.69, 9.17) is 4.74 Å². The number of nitrogens with one attached hydrogen (secondary N) is 2. The number of methoxy groups -OCH3 is 1. The van der Waals surface area contributed by atoms with Crippen molar-refractivity contribution < 1.29 is 22.7 Å². The van der Waals surface area contributed by atoms with Gasteiger partial charge in [0.25, 0.3) is 0 Å². The van der Waals surface area contributed by atoms with Gasteiger partial charge < -0.3 is 15.4 Å². The normalized spacial score (nSPS) is 20.7. The van der Waals surface area contributed by atoms with Crippen LogP contribution in [0.2, 0.25) is 0 Å². The van der Waals surface area contributed by atoms with Crippen molar-refractivity contribution in [3.8, 4) is 0 Å². The van der Waals surface area contributed by atoms with Crippen LogP contribution in [0.25, 0.3) is 0 Å². The first-order valence-corrected chi connectivity index (χ1v) is 9.56. The van der Waals surface area contributed by atoms with Crippen LogP contribution in [0.3, 0.4) is 0 Å². The Kier molecular flexibility index (Phi) is 4.67. The monoisotopic (exact) mass is 365 g/mol. The number of hydrogen-bond acceptors (Lipinski definition) is 5. The van der Waals surface area contributed by atoms with Crippen LogP contribution in [-0.2, 0) is 21.0 Å². The van der Waals surface area contributed by atoms with Crippen molar-refractivity contribution in [2.24, 2.45) is 0 Å². The molecule has 25 heavy (non-hydrogen) atoms. The average molecular weight is 365 g/mol.